The molecule has 1 aliphatic heterocycles. The van der Waals surface area contributed by atoms with Crippen molar-refractivity contribution in [3.63, 3.8) is 0 Å². The van der Waals surface area contributed by atoms with Crippen molar-refractivity contribution in [2.75, 3.05) is 31.1 Å². The van der Waals surface area contributed by atoms with Crippen molar-refractivity contribution >= 4 is 24.4 Å². The molecule has 0 saturated carbocycles. The van der Waals surface area contributed by atoms with Crippen LogP contribution in [0.2, 0.25) is 0 Å². The number of thioether (sulfide) groups is 1. The summed E-state index contributed by atoms with van der Waals surface area (Å²) < 4.78 is 0.476. The second-order valence-electron chi connectivity index (χ2n) is 5.02. The van der Waals surface area contributed by atoms with Crippen LogP contribution in [0.15, 0.2) is 0 Å². The van der Waals surface area contributed by atoms with Crippen LogP contribution in [0.25, 0.3) is 0 Å². The SMILES string of the molecule is CC1(C)CN(CCCCCCS)CCS1. The molecule has 1 nitrogen and oxygen atoms in total. The molecule has 0 aromatic rings. The third-order valence-electron chi connectivity index (χ3n) is 2.89. The Labute approximate surface area is 105 Å². The van der Waals surface area contributed by atoms with Gasteiger partial charge in [-0.3, -0.25) is 0 Å². The largest absolute Gasteiger partial charge is 0.301 e. The summed E-state index contributed by atoms with van der Waals surface area (Å²) in [7, 11) is 0. The summed E-state index contributed by atoms with van der Waals surface area (Å²) in [5, 5.41) is 0. The highest BCUT2D eigenvalue weighted by Gasteiger charge is 2.26. The molecule has 0 aromatic carbocycles. The predicted octanol–water partition coefficient (Wildman–Crippen LogP) is 3.30. The van der Waals surface area contributed by atoms with Gasteiger partial charge in [-0.15, -0.1) is 0 Å². The van der Waals surface area contributed by atoms with Crippen molar-refractivity contribution < 1.29 is 0 Å². The average Bonchev–Trinajstić information content (AvgIpc) is 2.16. The first-order chi connectivity index (χ1) is 7.14. The summed E-state index contributed by atoms with van der Waals surface area (Å²) in [4.78, 5) is 2.64. The zero-order chi connectivity index (χ0) is 11.1. The quantitative estimate of drug-likeness (QED) is 0.567. The first-order valence-electron chi connectivity index (χ1n) is 6.11. The summed E-state index contributed by atoms with van der Waals surface area (Å²) in [6.07, 6.45) is 5.39. The van der Waals surface area contributed by atoms with Crippen molar-refractivity contribution in [3.8, 4) is 0 Å². The van der Waals surface area contributed by atoms with Crippen LogP contribution < -0.4 is 0 Å². The molecule has 1 heterocycles. The molecule has 0 aliphatic carbocycles. The lowest BCUT2D eigenvalue weighted by molar-refractivity contribution is 0.255. The van der Waals surface area contributed by atoms with Crippen LogP contribution in [-0.4, -0.2) is 40.8 Å². The van der Waals surface area contributed by atoms with Gasteiger partial charge in [0.2, 0.25) is 0 Å². The lowest BCUT2D eigenvalue weighted by Gasteiger charge is -2.37. The van der Waals surface area contributed by atoms with Gasteiger partial charge < -0.3 is 4.90 Å². The Morgan fingerprint density at radius 2 is 1.93 bits per heavy atom. The van der Waals surface area contributed by atoms with Gasteiger partial charge in [0.1, 0.15) is 0 Å². The van der Waals surface area contributed by atoms with Gasteiger partial charge in [0, 0.05) is 23.6 Å². The summed E-state index contributed by atoms with van der Waals surface area (Å²) in [6.45, 7) is 8.59. The van der Waals surface area contributed by atoms with E-state index in [1.807, 2.05) is 0 Å². The molecule has 0 aromatic heterocycles. The minimum Gasteiger partial charge on any atom is -0.301 e. The van der Waals surface area contributed by atoms with E-state index in [2.05, 4.69) is 43.1 Å². The Hall–Kier alpha value is 0.660. The van der Waals surface area contributed by atoms with Gasteiger partial charge in [0.05, 0.1) is 0 Å². The lowest BCUT2D eigenvalue weighted by Crippen LogP contribution is -2.43. The van der Waals surface area contributed by atoms with E-state index in [1.165, 1.54) is 51.1 Å². The number of hydrogen-bond acceptors (Lipinski definition) is 3. The molecule has 0 atom stereocenters. The van der Waals surface area contributed by atoms with Gasteiger partial charge in [-0.05, 0) is 39.0 Å². The van der Waals surface area contributed by atoms with Gasteiger partial charge in [-0.1, -0.05) is 12.8 Å². The fourth-order valence-corrected chi connectivity index (χ4v) is 3.51. The lowest BCUT2D eigenvalue weighted by atomic mass is 10.1. The molecule has 0 radical (unpaired) electrons. The maximum atomic E-state index is 4.23. The number of nitrogens with zero attached hydrogens (tertiary/aromatic N) is 1. The Kier molecular flexibility index (Phi) is 6.48. The van der Waals surface area contributed by atoms with Crippen molar-refractivity contribution in [1.82, 2.24) is 4.90 Å². The van der Waals surface area contributed by atoms with Crippen LogP contribution in [0.3, 0.4) is 0 Å². The zero-order valence-corrected chi connectivity index (χ0v) is 11.9. The fraction of sp³-hybridized carbons (Fsp3) is 1.00. The number of unbranched alkanes of at least 4 members (excludes halogenated alkanes) is 3. The smallest absolute Gasteiger partial charge is 0.0231 e. The maximum absolute atomic E-state index is 4.23. The molecule has 1 saturated heterocycles. The first-order valence-corrected chi connectivity index (χ1v) is 7.73. The molecular formula is C12H25NS2. The summed E-state index contributed by atoms with van der Waals surface area (Å²) >= 11 is 6.35. The van der Waals surface area contributed by atoms with Crippen LogP contribution in [0.4, 0.5) is 0 Å². The number of rotatable bonds is 6. The van der Waals surface area contributed by atoms with Gasteiger partial charge in [0.25, 0.3) is 0 Å². The van der Waals surface area contributed by atoms with E-state index in [0.29, 0.717) is 4.75 Å². The first kappa shape index (κ1) is 13.7. The van der Waals surface area contributed by atoms with Crippen LogP contribution >= 0.6 is 24.4 Å². The van der Waals surface area contributed by atoms with Crippen LogP contribution in [-0.2, 0) is 0 Å². The third-order valence-corrected chi connectivity index (χ3v) is 4.50. The summed E-state index contributed by atoms with van der Waals surface area (Å²) in [6, 6.07) is 0. The summed E-state index contributed by atoms with van der Waals surface area (Å²) in [5.41, 5.74) is 0. The highest BCUT2D eigenvalue weighted by molar-refractivity contribution is 8.00. The van der Waals surface area contributed by atoms with E-state index >= 15 is 0 Å². The van der Waals surface area contributed by atoms with Gasteiger partial charge in [-0.2, -0.15) is 24.4 Å². The van der Waals surface area contributed by atoms with Crippen molar-refractivity contribution in [3.05, 3.63) is 0 Å². The second kappa shape index (κ2) is 7.08. The minimum atomic E-state index is 0.476. The fourth-order valence-electron chi connectivity index (χ4n) is 2.11. The Morgan fingerprint density at radius 1 is 1.20 bits per heavy atom. The highest BCUT2D eigenvalue weighted by atomic mass is 32.2. The topological polar surface area (TPSA) is 3.24 Å². The van der Waals surface area contributed by atoms with Crippen molar-refractivity contribution in [2.24, 2.45) is 0 Å². The molecule has 90 valence electrons. The Balaban J connectivity index is 2.05. The predicted molar refractivity (Wildman–Crippen MR) is 75.3 cm³/mol. The number of hydrogen-bond donors (Lipinski definition) is 1. The van der Waals surface area contributed by atoms with E-state index in [9.17, 15) is 0 Å². The zero-order valence-electron chi connectivity index (χ0n) is 10.2. The maximum Gasteiger partial charge on any atom is 0.0231 e. The molecule has 0 N–H and O–H groups in total. The summed E-state index contributed by atoms with van der Waals surface area (Å²) in [5.74, 6) is 2.36. The second-order valence-corrected chi connectivity index (χ2v) is 7.27. The highest BCUT2D eigenvalue weighted by Crippen LogP contribution is 2.29. The van der Waals surface area contributed by atoms with E-state index in [4.69, 9.17) is 0 Å². The van der Waals surface area contributed by atoms with Gasteiger partial charge in [0.15, 0.2) is 0 Å². The molecule has 0 unspecified atom stereocenters. The van der Waals surface area contributed by atoms with Gasteiger partial charge in [-0.25, -0.2) is 0 Å². The molecule has 0 amide bonds. The van der Waals surface area contributed by atoms with E-state index in [-0.39, 0.29) is 0 Å². The van der Waals surface area contributed by atoms with Crippen LogP contribution in [0, 0.1) is 0 Å². The standard InChI is InChI=1S/C12H25NS2/c1-12(2)11-13(8-10-15-12)7-5-3-4-6-9-14/h14H,3-11H2,1-2H3. The molecular weight excluding hydrogens is 222 g/mol. The third kappa shape index (κ3) is 6.08. The molecule has 3 heteroatoms. The monoisotopic (exact) mass is 247 g/mol. The molecule has 0 spiro atoms. The van der Waals surface area contributed by atoms with Crippen LogP contribution in [0.5, 0.6) is 0 Å². The van der Waals surface area contributed by atoms with Crippen molar-refractivity contribution in [1.29, 1.82) is 0 Å². The molecule has 1 fully saturated rings. The van der Waals surface area contributed by atoms with E-state index < -0.39 is 0 Å². The van der Waals surface area contributed by atoms with Gasteiger partial charge >= 0.3 is 0 Å². The van der Waals surface area contributed by atoms with Crippen LogP contribution in [0.1, 0.15) is 39.5 Å². The molecule has 1 aliphatic rings. The Bertz CT molecular complexity index is 171. The van der Waals surface area contributed by atoms with E-state index in [0.717, 1.165) is 5.75 Å². The molecule has 0 bridgehead atoms. The molecule has 15 heavy (non-hydrogen) atoms. The normalized spacial score (nSPS) is 21.8. The average molecular weight is 247 g/mol. The Morgan fingerprint density at radius 3 is 2.60 bits per heavy atom. The van der Waals surface area contributed by atoms with E-state index in [1.54, 1.807) is 0 Å². The van der Waals surface area contributed by atoms with Crippen molar-refractivity contribution in [2.45, 2.75) is 44.3 Å². The number of thiol groups is 1. The minimum absolute atomic E-state index is 0.476. The molecule has 1 rings (SSSR count).